The van der Waals surface area contributed by atoms with Crippen LogP contribution >= 0.6 is 11.6 Å². The van der Waals surface area contributed by atoms with E-state index in [-0.39, 0.29) is 0 Å². The number of rotatable bonds is 7. The maximum absolute atomic E-state index is 6.30. The van der Waals surface area contributed by atoms with E-state index in [1.165, 1.54) is 44.5 Å². The van der Waals surface area contributed by atoms with Crippen LogP contribution in [0.4, 0.5) is 0 Å². The molecule has 1 aliphatic rings. The van der Waals surface area contributed by atoms with Crippen molar-refractivity contribution in [2.24, 2.45) is 0 Å². The van der Waals surface area contributed by atoms with Gasteiger partial charge in [-0.1, -0.05) is 29.8 Å². The van der Waals surface area contributed by atoms with E-state index in [0.717, 1.165) is 18.1 Å². The molecule has 1 aromatic rings. The molecule has 22 heavy (non-hydrogen) atoms. The Bertz CT molecular complexity index is 450. The molecule has 0 spiro atoms. The molecule has 3 nitrogen and oxygen atoms in total. The van der Waals surface area contributed by atoms with Crippen molar-refractivity contribution in [3.8, 4) is 0 Å². The molecule has 4 heteroatoms. The number of benzene rings is 1. The highest BCUT2D eigenvalue weighted by Crippen LogP contribution is 2.21. The average molecular weight is 324 g/mol. The van der Waals surface area contributed by atoms with Crippen molar-refractivity contribution in [3.05, 3.63) is 34.9 Å². The van der Waals surface area contributed by atoms with Crippen LogP contribution < -0.4 is 0 Å². The van der Waals surface area contributed by atoms with Crippen LogP contribution in [0.5, 0.6) is 0 Å². The summed E-state index contributed by atoms with van der Waals surface area (Å²) in [5.74, 6) is 0. The number of hydrogen-bond donors (Lipinski definition) is 0. The number of likely N-dealkylation sites (N-methyl/N-ethyl adjacent to an activating group) is 1. The lowest BCUT2D eigenvalue weighted by Crippen LogP contribution is -2.46. The van der Waals surface area contributed by atoms with Crippen LogP contribution in [-0.2, 0) is 6.54 Å². The van der Waals surface area contributed by atoms with Crippen molar-refractivity contribution in [1.82, 2.24) is 14.7 Å². The Labute approximate surface area is 140 Å². The third-order valence-electron chi connectivity index (χ3n) is 4.57. The van der Waals surface area contributed by atoms with Crippen molar-refractivity contribution in [1.29, 1.82) is 0 Å². The monoisotopic (exact) mass is 323 g/mol. The first kappa shape index (κ1) is 17.7. The molecule has 0 N–H and O–H groups in total. The lowest BCUT2D eigenvalue weighted by Gasteiger charge is -2.38. The van der Waals surface area contributed by atoms with Crippen LogP contribution in [0.2, 0.25) is 5.02 Å². The lowest BCUT2D eigenvalue weighted by molar-refractivity contribution is 0.109. The number of likely N-dealkylation sites (tertiary alicyclic amines) is 1. The molecule has 1 heterocycles. The summed E-state index contributed by atoms with van der Waals surface area (Å²) in [7, 11) is 6.57. The first-order chi connectivity index (χ1) is 10.6. The minimum absolute atomic E-state index is 0.679. The summed E-state index contributed by atoms with van der Waals surface area (Å²) in [4.78, 5) is 7.36. The molecule has 0 aliphatic carbocycles. The summed E-state index contributed by atoms with van der Waals surface area (Å²) < 4.78 is 0. The molecule has 1 atom stereocenters. The highest BCUT2D eigenvalue weighted by atomic mass is 35.5. The van der Waals surface area contributed by atoms with Gasteiger partial charge in [0.05, 0.1) is 0 Å². The molecule has 1 aromatic carbocycles. The van der Waals surface area contributed by atoms with Gasteiger partial charge in [0, 0.05) is 24.2 Å². The van der Waals surface area contributed by atoms with Crippen LogP contribution in [-0.4, -0.2) is 68.1 Å². The fourth-order valence-corrected chi connectivity index (χ4v) is 3.42. The van der Waals surface area contributed by atoms with Crippen molar-refractivity contribution < 1.29 is 0 Å². The molecule has 0 amide bonds. The molecule has 0 saturated carbocycles. The largest absolute Gasteiger partial charge is 0.309 e. The maximum atomic E-state index is 6.30. The zero-order chi connectivity index (χ0) is 15.9. The van der Waals surface area contributed by atoms with Crippen LogP contribution in [0.3, 0.4) is 0 Å². The summed E-state index contributed by atoms with van der Waals surface area (Å²) in [5, 5.41) is 0.893. The van der Waals surface area contributed by atoms with E-state index < -0.39 is 0 Å². The van der Waals surface area contributed by atoms with Gasteiger partial charge < -0.3 is 9.80 Å². The Kier molecular flexibility index (Phi) is 7.16. The van der Waals surface area contributed by atoms with Crippen LogP contribution in [0.1, 0.15) is 24.8 Å². The first-order valence-corrected chi connectivity index (χ1v) is 8.75. The second-order valence-corrected chi connectivity index (χ2v) is 7.17. The fourth-order valence-electron chi connectivity index (χ4n) is 3.22. The van der Waals surface area contributed by atoms with E-state index >= 15 is 0 Å². The first-order valence-electron chi connectivity index (χ1n) is 8.37. The molecular formula is C18H30ClN3. The molecule has 1 saturated heterocycles. The van der Waals surface area contributed by atoms with Gasteiger partial charge in [-0.3, -0.25) is 4.90 Å². The molecule has 1 aliphatic heterocycles. The Balaban J connectivity index is 1.82. The molecule has 0 aromatic heterocycles. The quantitative estimate of drug-likeness (QED) is 0.763. The number of halogens is 1. The summed E-state index contributed by atoms with van der Waals surface area (Å²) in [5.41, 5.74) is 1.25. The summed E-state index contributed by atoms with van der Waals surface area (Å²) in [6.45, 7) is 5.67. The fraction of sp³-hybridized carbons (Fsp3) is 0.667. The van der Waals surface area contributed by atoms with Crippen molar-refractivity contribution in [3.63, 3.8) is 0 Å². The number of hydrogen-bond acceptors (Lipinski definition) is 3. The van der Waals surface area contributed by atoms with Gasteiger partial charge in [-0.2, -0.15) is 0 Å². The van der Waals surface area contributed by atoms with Crippen LogP contribution in [0.15, 0.2) is 24.3 Å². The highest BCUT2D eigenvalue weighted by molar-refractivity contribution is 6.31. The minimum atomic E-state index is 0.679. The molecule has 0 radical (unpaired) electrons. The van der Waals surface area contributed by atoms with Crippen LogP contribution in [0.25, 0.3) is 0 Å². The predicted molar refractivity (Wildman–Crippen MR) is 95.6 cm³/mol. The normalized spacial score (nSPS) is 20.0. The zero-order valence-electron chi connectivity index (χ0n) is 14.3. The van der Waals surface area contributed by atoms with Gasteiger partial charge in [0.25, 0.3) is 0 Å². The zero-order valence-corrected chi connectivity index (χ0v) is 15.0. The number of nitrogens with zero attached hydrogens (tertiary/aromatic N) is 3. The van der Waals surface area contributed by atoms with E-state index in [1.807, 2.05) is 12.1 Å². The molecular weight excluding hydrogens is 294 g/mol. The van der Waals surface area contributed by atoms with Crippen molar-refractivity contribution in [2.45, 2.75) is 31.8 Å². The van der Waals surface area contributed by atoms with Gasteiger partial charge >= 0.3 is 0 Å². The Hall–Kier alpha value is -0.610. The van der Waals surface area contributed by atoms with Crippen molar-refractivity contribution >= 4 is 11.6 Å². The lowest BCUT2D eigenvalue weighted by atomic mass is 10.0. The summed E-state index contributed by atoms with van der Waals surface area (Å²) in [6.07, 6.45) is 3.84. The van der Waals surface area contributed by atoms with E-state index in [4.69, 9.17) is 11.6 Å². The van der Waals surface area contributed by atoms with E-state index in [0.29, 0.717) is 6.04 Å². The summed E-state index contributed by atoms with van der Waals surface area (Å²) >= 11 is 6.30. The summed E-state index contributed by atoms with van der Waals surface area (Å²) in [6, 6.07) is 8.90. The minimum Gasteiger partial charge on any atom is -0.309 e. The van der Waals surface area contributed by atoms with Gasteiger partial charge in [-0.15, -0.1) is 0 Å². The molecule has 1 fully saturated rings. The smallest absolute Gasteiger partial charge is 0.0451 e. The van der Waals surface area contributed by atoms with E-state index in [2.05, 4.69) is 48.0 Å². The Morgan fingerprint density at radius 3 is 2.68 bits per heavy atom. The van der Waals surface area contributed by atoms with Gasteiger partial charge in [0.1, 0.15) is 0 Å². The Morgan fingerprint density at radius 1 is 1.18 bits per heavy atom. The highest BCUT2D eigenvalue weighted by Gasteiger charge is 2.23. The SMILES string of the molecule is CN(C)CCCN(C)C1CCCN(Cc2ccccc2Cl)C1. The predicted octanol–water partition coefficient (Wildman–Crippen LogP) is 3.19. The Morgan fingerprint density at radius 2 is 1.95 bits per heavy atom. The third-order valence-corrected chi connectivity index (χ3v) is 4.94. The standard InChI is InChI=1S/C18H30ClN3/c1-20(2)11-7-12-21(3)17-9-6-13-22(15-17)14-16-8-4-5-10-18(16)19/h4-5,8,10,17H,6-7,9,11-15H2,1-3H3. The molecule has 124 valence electrons. The molecule has 1 unspecified atom stereocenters. The van der Waals surface area contributed by atoms with Gasteiger partial charge in [-0.05, 0) is 71.7 Å². The molecule has 2 rings (SSSR count). The van der Waals surface area contributed by atoms with Crippen LogP contribution in [0, 0.1) is 0 Å². The second kappa shape index (κ2) is 8.88. The average Bonchev–Trinajstić information content (AvgIpc) is 2.49. The van der Waals surface area contributed by atoms with Gasteiger partial charge in [0.2, 0.25) is 0 Å². The van der Waals surface area contributed by atoms with E-state index in [9.17, 15) is 0 Å². The van der Waals surface area contributed by atoms with Gasteiger partial charge in [-0.25, -0.2) is 0 Å². The van der Waals surface area contributed by atoms with Crippen molar-refractivity contribution in [2.75, 3.05) is 47.3 Å². The molecule has 0 bridgehead atoms. The number of piperidine rings is 1. The van der Waals surface area contributed by atoms with Gasteiger partial charge in [0.15, 0.2) is 0 Å². The third kappa shape index (κ3) is 5.54. The topological polar surface area (TPSA) is 9.72 Å². The maximum Gasteiger partial charge on any atom is 0.0451 e. The van der Waals surface area contributed by atoms with E-state index in [1.54, 1.807) is 0 Å². The second-order valence-electron chi connectivity index (χ2n) is 6.76.